The average Bonchev–Trinajstić information content (AvgIpc) is 3.12. The Balaban J connectivity index is 1.58. The molecule has 0 aliphatic carbocycles. The molecule has 3 aromatic carbocycles. The zero-order chi connectivity index (χ0) is 21.8. The maximum atomic E-state index is 13.0. The van der Waals surface area contributed by atoms with Gasteiger partial charge in [-0.1, -0.05) is 55.0 Å². The maximum Gasteiger partial charge on any atom is 0.244 e. The molecule has 1 aromatic heterocycles. The SMILES string of the molecule is CCc1cccc(C)c1NC(=O)Cn1c(COc2ccc(C)cc2)nc2ccccc21. The maximum absolute atomic E-state index is 13.0. The molecule has 1 heterocycles. The van der Waals surface area contributed by atoms with Crippen LogP contribution in [0.15, 0.2) is 66.7 Å². The van der Waals surface area contributed by atoms with E-state index in [-0.39, 0.29) is 19.1 Å². The van der Waals surface area contributed by atoms with Crippen molar-refractivity contribution in [3.05, 3.63) is 89.2 Å². The molecule has 158 valence electrons. The standard InChI is InChI=1S/C26H27N3O2/c1-4-20-9-7-8-19(3)26(20)28-25(30)16-29-23-11-6-5-10-22(23)27-24(29)17-31-21-14-12-18(2)13-15-21/h5-15H,4,16-17H2,1-3H3,(H,28,30). The number of anilines is 1. The third kappa shape index (κ3) is 4.61. The normalized spacial score (nSPS) is 10.9. The van der Waals surface area contributed by atoms with Gasteiger partial charge in [0.1, 0.15) is 24.7 Å². The lowest BCUT2D eigenvalue weighted by Crippen LogP contribution is -2.22. The van der Waals surface area contributed by atoms with E-state index in [2.05, 4.69) is 18.3 Å². The molecule has 0 bridgehead atoms. The summed E-state index contributed by atoms with van der Waals surface area (Å²) in [6.45, 7) is 6.61. The number of aryl methyl sites for hydroxylation is 3. The number of hydrogen-bond donors (Lipinski definition) is 1. The first-order valence-electron chi connectivity index (χ1n) is 10.6. The summed E-state index contributed by atoms with van der Waals surface area (Å²) in [7, 11) is 0. The molecule has 0 spiro atoms. The molecule has 1 N–H and O–H groups in total. The summed E-state index contributed by atoms with van der Waals surface area (Å²) in [5.74, 6) is 1.42. The highest BCUT2D eigenvalue weighted by molar-refractivity contribution is 5.93. The van der Waals surface area contributed by atoms with Gasteiger partial charge in [-0.3, -0.25) is 4.79 Å². The van der Waals surface area contributed by atoms with Gasteiger partial charge in [-0.2, -0.15) is 0 Å². The Kier molecular flexibility index (Phi) is 6.03. The lowest BCUT2D eigenvalue weighted by atomic mass is 10.1. The van der Waals surface area contributed by atoms with Gasteiger partial charge < -0.3 is 14.6 Å². The quantitative estimate of drug-likeness (QED) is 0.439. The second kappa shape index (κ2) is 9.04. The fourth-order valence-corrected chi connectivity index (χ4v) is 3.72. The molecule has 5 nitrogen and oxygen atoms in total. The second-order valence-corrected chi connectivity index (χ2v) is 7.72. The van der Waals surface area contributed by atoms with Gasteiger partial charge in [0.05, 0.1) is 11.0 Å². The van der Waals surface area contributed by atoms with Gasteiger partial charge in [-0.15, -0.1) is 0 Å². The Morgan fingerprint density at radius 2 is 1.77 bits per heavy atom. The fraction of sp³-hybridized carbons (Fsp3) is 0.231. The number of imidazole rings is 1. The smallest absolute Gasteiger partial charge is 0.244 e. The minimum atomic E-state index is -0.0799. The van der Waals surface area contributed by atoms with Crippen LogP contribution >= 0.6 is 0 Å². The molecule has 0 fully saturated rings. The zero-order valence-corrected chi connectivity index (χ0v) is 18.2. The number of nitrogens with zero attached hydrogens (tertiary/aromatic N) is 2. The summed E-state index contributed by atoms with van der Waals surface area (Å²) in [5.41, 5.74) is 6.04. The number of para-hydroxylation sites is 3. The highest BCUT2D eigenvalue weighted by Gasteiger charge is 2.16. The molecule has 0 aliphatic rings. The first-order chi connectivity index (χ1) is 15.0. The predicted molar refractivity (Wildman–Crippen MR) is 124 cm³/mol. The first kappa shape index (κ1) is 20.7. The molecular weight excluding hydrogens is 386 g/mol. The summed E-state index contributed by atoms with van der Waals surface area (Å²) in [6, 6.07) is 21.8. The van der Waals surface area contributed by atoms with E-state index in [0.29, 0.717) is 0 Å². The van der Waals surface area contributed by atoms with Crippen molar-refractivity contribution in [2.75, 3.05) is 5.32 Å². The van der Waals surface area contributed by atoms with Crippen molar-refractivity contribution in [3.8, 4) is 5.75 Å². The van der Waals surface area contributed by atoms with Gasteiger partial charge in [0.25, 0.3) is 0 Å². The van der Waals surface area contributed by atoms with Gasteiger partial charge in [-0.05, 0) is 55.7 Å². The Morgan fingerprint density at radius 3 is 2.55 bits per heavy atom. The minimum absolute atomic E-state index is 0.0799. The number of fused-ring (bicyclic) bond motifs is 1. The number of amides is 1. The van der Waals surface area contributed by atoms with Gasteiger partial charge in [-0.25, -0.2) is 4.98 Å². The molecule has 0 unspecified atom stereocenters. The summed E-state index contributed by atoms with van der Waals surface area (Å²) >= 11 is 0. The van der Waals surface area contributed by atoms with E-state index >= 15 is 0 Å². The van der Waals surface area contributed by atoms with Gasteiger partial charge in [0, 0.05) is 5.69 Å². The Hall–Kier alpha value is -3.60. The molecule has 1 amide bonds. The Labute approximate surface area is 182 Å². The Bertz CT molecular complexity index is 1210. The average molecular weight is 414 g/mol. The topological polar surface area (TPSA) is 56.2 Å². The minimum Gasteiger partial charge on any atom is -0.486 e. The van der Waals surface area contributed by atoms with Crippen LogP contribution in [-0.2, 0) is 24.4 Å². The molecule has 5 heteroatoms. The van der Waals surface area contributed by atoms with Crippen LogP contribution in [0.5, 0.6) is 5.75 Å². The molecular formula is C26H27N3O2. The predicted octanol–water partition coefficient (Wildman–Crippen LogP) is 5.43. The number of benzene rings is 3. The van der Waals surface area contributed by atoms with Crippen LogP contribution in [0.1, 0.15) is 29.4 Å². The number of carbonyl (C=O) groups is 1. The van der Waals surface area contributed by atoms with E-state index in [1.165, 1.54) is 5.56 Å². The van der Waals surface area contributed by atoms with Crippen molar-refractivity contribution in [1.82, 2.24) is 9.55 Å². The van der Waals surface area contributed by atoms with Gasteiger partial charge in [0.15, 0.2) is 0 Å². The molecule has 31 heavy (non-hydrogen) atoms. The molecule has 0 atom stereocenters. The lowest BCUT2D eigenvalue weighted by Gasteiger charge is -2.15. The van der Waals surface area contributed by atoms with Crippen LogP contribution in [0.4, 0.5) is 5.69 Å². The molecule has 0 radical (unpaired) electrons. The summed E-state index contributed by atoms with van der Waals surface area (Å²) in [6.07, 6.45) is 0.862. The second-order valence-electron chi connectivity index (χ2n) is 7.72. The van der Waals surface area contributed by atoms with Gasteiger partial charge in [0.2, 0.25) is 5.91 Å². The fourth-order valence-electron chi connectivity index (χ4n) is 3.72. The number of hydrogen-bond acceptors (Lipinski definition) is 3. The van der Waals surface area contributed by atoms with E-state index in [9.17, 15) is 4.79 Å². The Morgan fingerprint density at radius 1 is 1.00 bits per heavy atom. The summed E-state index contributed by atoms with van der Waals surface area (Å²) in [5, 5.41) is 3.11. The van der Waals surface area contributed by atoms with Crippen molar-refractivity contribution in [2.24, 2.45) is 0 Å². The van der Waals surface area contributed by atoms with Gasteiger partial charge >= 0.3 is 0 Å². The number of ether oxygens (including phenoxy) is 1. The van der Waals surface area contributed by atoms with E-state index in [1.54, 1.807) is 0 Å². The monoisotopic (exact) mass is 413 g/mol. The van der Waals surface area contributed by atoms with Crippen LogP contribution in [0.3, 0.4) is 0 Å². The largest absolute Gasteiger partial charge is 0.486 e. The summed E-state index contributed by atoms with van der Waals surface area (Å²) in [4.78, 5) is 17.7. The van der Waals surface area contributed by atoms with E-state index in [4.69, 9.17) is 9.72 Å². The first-order valence-corrected chi connectivity index (χ1v) is 10.6. The number of aromatic nitrogens is 2. The van der Waals surface area contributed by atoms with Crippen molar-refractivity contribution < 1.29 is 9.53 Å². The van der Waals surface area contributed by atoms with Crippen LogP contribution in [0.2, 0.25) is 0 Å². The molecule has 0 aliphatic heterocycles. The molecule has 4 aromatic rings. The van der Waals surface area contributed by atoms with Crippen molar-refractivity contribution in [1.29, 1.82) is 0 Å². The third-order valence-electron chi connectivity index (χ3n) is 5.43. The van der Waals surface area contributed by atoms with Crippen molar-refractivity contribution in [2.45, 2.75) is 40.3 Å². The highest BCUT2D eigenvalue weighted by atomic mass is 16.5. The summed E-state index contributed by atoms with van der Waals surface area (Å²) < 4.78 is 7.89. The lowest BCUT2D eigenvalue weighted by molar-refractivity contribution is -0.116. The van der Waals surface area contributed by atoms with E-state index < -0.39 is 0 Å². The van der Waals surface area contributed by atoms with Crippen LogP contribution in [0.25, 0.3) is 11.0 Å². The molecule has 4 rings (SSSR count). The zero-order valence-electron chi connectivity index (χ0n) is 18.2. The van der Waals surface area contributed by atoms with Crippen LogP contribution in [-0.4, -0.2) is 15.5 Å². The number of carbonyl (C=O) groups excluding carboxylic acids is 1. The number of nitrogens with one attached hydrogen (secondary N) is 1. The van der Waals surface area contributed by atoms with Crippen LogP contribution < -0.4 is 10.1 Å². The van der Waals surface area contributed by atoms with E-state index in [1.807, 2.05) is 79.1 Å². The number of rotatable bonds is 7. The van der Waals surface area contributed by atoms with Crippen molar-refractivity contribution in [3.63, 3.8) is 0 Å². The third-order valence-corrected chi connectivity index (χ3v) is 5.43. The van der Waals surface area contributed by atoms with E-state index in [0.717, 1.165) is 45.8 Å². The highest BCUT2D eigenvalue weighted by Crippen LogP contribution is 2.22. The van der Waals surface area contributed by atoms with Crippen molar-refractivity contribution >= 4 is 22.6 Å². The van der Waals surface area contributed by atoms with Crippen LogP contribution in [0, 0.1) is 13.8 Å². The molecule has 0 saturated heterocycles. The molecule has 0 saturated carbocycles.